The van der Waals surface area contributed by atoms with Gasteiger partial charge in [0.2, 0.25) is 0 Å². The Kier molecular flexibility index (Phi) is 3.16. The van der Waals surface area contributed by atoms with E-state index >= 15 is 0 Å². The molecule has 0 saturated carbocycles. The second-order valence-corrected chi connectivity index (χ2v) is 6.26. The quantitative estimate of drug-likeness (QED) is 0.694. The second-order valence-electron chi connectivity index (χ2n) is 6.26. The standard InChI is InChI=1S/C16H19N5O/c1-16(2,3)20-15-12(10-7-5-4-6-8-10)19-14-11(13(17)22)9-18-21(14)15/h4-9,18,20H,1-3H3,(H2,17,22). The third kappa shape index (κ3) is 2.43. The van der Waals surface area contributed by atoms with Crippen LogP contribution in [0.5, 0.6) is 0 Å². The molecule has 4 N–H and O–H groups in total. The SMILES string of the molecule is CC(C)(C)Nc1c(-c2ccccc2)nc2c(C(N)=O)c[nH]n12. The zero-order valence-electron chi connectivity index (χ0n) is 12.8. The molecule has 0 spiro atoms. The number of H-pyrrole nitrogens is 1. The van der Waals surface area contributed by atoms with Gasteiger partial charge in [-0.05, 0) is 20.8 Å². The molecule has 22 heavy (non-hydrogen) atoms. The lowest BCUT2D eigenvalue weighted by molar-refractivity contribution is 0.100. The van der Waals surface area contributed by atoms with Gasteiger partial charge in [0.05, 0.1) is 0 Å². The summed E-state index contributed by atoms with van der Waals surface area (Å²) in [4.78, 5) is 16.2. The molecule has 0 radical (unpaired) electrons. The van der Waals surface area contributed by atoms with Crippen molar-refractivity contribution in [3.05, 3.63) is 42.1 Å². The van der Waals surface area contributed by atoms with Gasteiger partial charge in [0, 0.05) is 17.3 Å². The molecule has 0 atom stereocenters. The van der Waals surface area contributed by atoms with Crippen LogP contribution in [0, 0.1) is 0 Å². The number of imidazole rings is 1. The summed E-state index contributed by atoms with van der Waals surface area (Å²) < 4.78 is 1.76. The van der Waals surface area contributed by atoms with E-state index in [9.17, 15) is 4.79 Å². The van der Waals surface area contributed by atoms with Gasteiger partial charge < -0.3 is 11.1 Å². The molecular weight excluding hydrogens is 278 g/mol. The van der Waals surface area contributed by atoms with Gasteiger partial charge in [-0.3, -0.25) is 9.89 Å². The summed E-state index contributed by atoms with van der Waals surface area (Å²) in [5, 5.41) is 6.48. The zero-order chi connectivity index (χ0) is 15.9. The summed E-state index contributed by atoms with van der Waals surface area (Å²) in [7, 11) is 0. The van der Waals surface area contributed by atoms with Crippen molar-refractivity contribution in [2.75, 3.05) is 5.32 Å². The number of nitrogens with one attached hydrogen (secondary N) is 2. The van der Waals surface area contributed by atoms with Crippen molar-refractivity contribution in [2.24, 2.45) is 5.73 Å². The monoisotopic (exact) mass is 297 g/mol. The summed E-state index contributed by atoms with van der Waals surface area (Å²) in [6.07, 6.45) is 1.58. The lowest BCUT2D eigenvalue weighted by atomic mass is 10.1. The van der Waals surface area contributed by atoms with Crippen molar-refractivity contribution in [3.8, 4) is 11.3 Å². The molecule has 3 aromatic rings. The maximum absolute atomic E-state index is 11.5. The van der Waals surface area contributed by atoms with Crippen LogP contribution in [0.25, 0.3) is 16.9 Å². The number of benzene rings is 1. The van der Waals surface area contributed by atoms with Gasteiger partial charge in [-0.2, -0.15) is 0 Å². The number of aromatic amines is 1. The number of carbonyl (C=O) groups excluding carboxylic acids is 1. The number of primary amides is 1. The molecule has 3 rings (SSSR count). The largest absolute Gasteiger partial charge is 0.365 e. The maximum atomic E-state index is 11.5. The minimum absolute atomic E-state index is 0.155. The van der Waals surface area contributed by atoms with Crippen LogP contribution in [0.3, 0.4) is 0 Å². The Labute approximate surface area is 128 Å². The first-order chi connectivity index (χ1) is 10.4. The molecule has 2 aromatic heterocycles. The second kappa shape index (κ2) is 4.91. The zero-order valence-corrected chi connectivity index (χ0v) is 12.8. The topological polar surface area (TPSA) is 88.2 Å². The lowest BCUT2D eigenvalue weighted by Gasteiger charge is -2.22. The molecule has 1 aromatic carbocycles. The predicted octanol–water partition coefficient (Wildman–Crippen LogP) is 2.64. The molecule has 0 unspecified atom stereocenters. The highest BCUT2D eigenvalue weighted by Gasteiger charge is 2.22. The van der Waals surface area contributed by atoms with Gasteiger partial charge in [-0.1, -0.05) is 30.3 Å². The predicted molar refractivity (Wildman–Crippen MR) is 86.9 cm³/mol. The summed E-state index contributed by atoms with van der Waals surface area (Å²) >= 11 is 0. The fourth-order valence-corrected chi connectivity index (χ4v) is 2.37. The molecule has 6 heteroatoms. The fraction of sp³-hybridized carbons (Fsp3) is 0.250. The molecule has 0 aliphatic heterocycles. The Bertz CT molecular complexity index is 823. The van der Waals surface area contributed by atoms with Gasteiger partial charge in [-0.25, -0.2) is 9.50 Å². The summed E-state index contributed by atoms with van der Waals surface area (Å²) in [6, 6.07) is 9.84. The number of hydrogen-bond acceptors (Lipinski definition) is 3. The molecule has 0 aliphatic rings. The van der Waals surface area contributed by atoms with Crippen LogP contribution in [0.15, 0.2) is 36.5 Å². The van der Waals surface area contributed by atoms with E-state index in [1.165, 1.54) is 0 Å². The number of hydrogen-bond donors (Lipinski definition) is 3. The fourth-order valence-electron chi connectivity index (χ4n) is 2.37. The number of fused-ring (bicyclic) bond motifs is 1. The van der Waals surface area contributed by atoms with Crippen LogP contribution in [0.4, 0.5) is 5.82 Å². The number of rotatable bonds is 3. The van der Waals surface area contributed by atoms with Gasteiger partial charge in [-0.15, -0.1) is 0 Å². The van der Waals surface area contributed by atoms with Crippen molar-refractivity contribution >= 4 is 17.4 Å². The van der Waals surface area contributed by atoms with Gasteiger partial charge in [0.1, 0.15) is 11.3 Å². The van der Waals surface area contributed by atoms with E-state index in [0.29, 0.717) is 11.2 Å². The van der Waals surface area contributed by atoms with Gasteiger partial charge in [0.25, 0.3) is 5.91 Å². The molecule has 1 amide bonds. The van der Waals surface area contributed by atoms with E-state index in [0.717, 1.165) is 17.1 Å². The Hall–Kier alpha value is -2.76. The van der Waals surface area contributed by atoms with E-state index < -0.39 is 5.91 Å². The van der Waals surface area contributed by atoms with Crippen molar-refractivity contribution in [1.82, 2.24) is 14.6 Å². The Morgan fingerprint density at radius 2 is 1.95 bits per heavy atom. The molecule has 6 nitrogen and oxygen atoms in total. The van der Waals surface area contributed by atoms with Crippen LogP contribution in [-0.4, -0.2) is 26.0 Å². The van der Waals surface area contributed by atoms with Crippen molar-refractivity contribution < 1.29 is 4.79 Å². The number of amides is 1. The third-order valence-corrected chi connectivity index (χ3v) is 3.26. The average Bonchev–Trinajstić information content (AvgIpc) is 2.98. The molecule has 114 valence electrons. The van der Waals surface area contributed by atoms with Crippen molar-refractivity contribution in [3.63, 3.8) is 0 Å². The molecule has 2 heterocycles. The number of nitrogens with zero attached hydrogens (tertiary/aromatic N) is 2. The number of nitrogens with two attached hydrogens (primary N) is 1. The van der Waals surface area contributed by atoms with E-state index in [4.69, 9.17) is 5.73 Å². The highest BCUT2D eigenvalue weighted by molar-refractivity contribution is 5.99. The Balaban J connectivity index is 2.25. The summed E-state index contributed by atoms with van der Waals surface area (Å²) in [5.74, 6) is 0.305. The first-order valence-electron chi connectivity index (χ1n) is 7.10. The highest BCUT2D eigenvalue weighted by atomic mass is 16.1. The Morgan fingerprint density at radius 3 is 2.55 bits per heavy atom. The van der Waals surface area contributed by atoms with Gasteiger partial charge in [0.15, 0.2) is 11.5 Å². The highest BCUT2D eigenvalue weighted by Crippen LogP contribution is 2.31. The normalized spacial score (nSPS) is 11.8. The number of carbonyl (C=O) groups is 1. The van der Waals surface area contributed by atoms with Crippen LogP contribution >= 0.6 is 0 Å². The molecule has 0 aliphatic carbocycles. The van der Waals surface area contributed by atoms with E-state index in [-0.39, 0.29) is 5.54 Å². The lowest BCUT2D eigenvalue weighted by Crippen LogP contribution is -2.27. The summed E-state index contributed by atoms with van der Waals surface area (Å²) in [5.41, 5.74) is 7.92. The first-order valence-corrected chi connectivity index (χ1v) is 7.10. The molecular formula is C16H19N5O. The minimum Gasteiger partial charge on any atom is -0.365 e. The third-order valence-electron chi connectivity index (χ3n) is 3.26. The smallest absolute Gasteiger partial charge is 0.254 e. The van der Waals surface area contributed by atoms with E-state index in [1.54, 1.807) is 10.7 Å². The maximum Gasteiger partial charge on any atom is 0.254 e. The van der Waals surface area contributed by atoms with Crippen LogP contribution in [0.1, 0.15) is 31.1 Å². The molecule has 0 fully saturated rings. The summed E-state index contributed by atoms with van der Waals surface area (Å²) in [6.45, 7) is 6.21. The van der Waals surface area contributed by atoms with E-state index in [2.05, 4.69) is 36.2 Å². The van der Waals surface area contributed by atoms with Crippen molar-refractivity contribution in [1.29, 1.82) is 0 Å². The Morgan fingerprint density at radius 1 is 1.27 bits per heavy atom. The van der Waals surface area contributed by atoms with Crippen molar-refractivity contribution in [2.45, 2.75) is 26.3 Å². The average molecular weight is 297 g/mol. The van der Waals surface area contributed by atoms with Crippen LogP contribution in [0.2, 0.25) is 0 Å². The molecule has 0 bridgehead atoms. The number of anilines is 1. The minimum atomic E-state index is -0.502. The van der Waals surface area contributed by atoms with Crippen LogP contribution < -0.4 is 11.1 Å². The number of aromatic nitrogens is 3. The van der Waals surface area contributed by atoms with Crippen LogP contribution in [-0.2, 0) is 0 Å². The van der Waals surface area contributed by atoms with E-state index in [1.807, 2.05) is 30.3 Å². The van der Waals surface area contributed by atoms with Gasteiger partial charge >= 0.3 is 0 Å². The molecule has 0 saturated heterocycles. The first kappa shape index (κ1) is 14.2.